The molecule has 1 aliphatic rings. The summed E-state index contributed by atoms with van der Waals surface area (Å²) < 4.78 is 37.3. The molecule has 2 aromatic carbocycles. The van der Waals surface area contributed by atoms with Crippen LogP contribution < -0.4 is 19.1 Å². The molecule has 0 aliphatic carbocycles. The minimum Gasteiger partial charge on any atom is -0.486 e. The molecule has 0 aromatic heterocycles. The van der Waals surface area contributed by atoms with Crippen LogP contribution in [0.4, 0.5) is 11.4 Å². The monoisotopic (exact) mass is 404 g/mol. The van der Waals surface area contributed by atoms with Crippen LogP contribution in [0, 0.1) is 0 Å². The Kier molecular flexibility index (Phi) is 6.08. The van der Waals surface area contributed by atoms with Gasteiger partial charge in [-0.25, -0.2) is 8.42 Å². The number of hydrogen-bond acceptors (Lipinski definition) is 5. The second-order valence-electron chi connectivity index (χ2n) is 6.33. The van der Waals surface area contributed by atoms with E-state index >= 15 is 0 Å². The first-order valence-electron chi connectivity index (χ1n) is 9.21. The van der Waals surface area contributed by atoms with Crippen molar-refractivity contribution in [1.29, 1.82) is 0 Å². The lowest BCUT2D eigenvalue weighted by Gasteiger charge is -2.25. The van der Waals surface area contributed by atoms with Crippen LogP contribution in [-0.2, 0) is 21.2 Å². The molecule has 1 N–H and O–H groups in total. The molecule has 7 nitrogen and oxygen atoms in total. The third-order valence-electron chi connectivity index (χ3n) is 4.45. The van der Waals surface area contributed by atoms with Gasteiger partial charge in [0.15, 0.2) is 11.5 Å². The molecule has 0 unspecified atom stereocenters. The largest absolute Gasteiger partial charge is 0.486 e. The normalized spacial score (nSPS) is 13.1. The zero-order valence-corrected chi connectivity index (χ0v) is 16.8. The number of nitrogens with zero attached hydrogens (tertiary/aromatic N) is 1. The van der Waals surface area contributed by atoms with Crippen molar-refractivity contribution >= 4 is 27.3 Å². The predicted octanol–water partition coefficient (Wildman–Crippen LogP) is 2.82. The maximum Gasteiger partial charge on any atom is 0.245 e. The third kappa shape index (κ3) is 4.56. The number of sulfonamides is 1. The van der Waals surface area contributed by atoms with Crippen LogP contribution in [0.1, 0.15) is 19.4 Å². The lowest BCUT2D eigenvalue weighted by atomic mass is 10.1. The third-order valence-corrected chi connectivity index (χ3v) is 6.19. The number of amides is 1. The number of fused-ring (bicyclic) bond motifs is 1. The summed E-state index contributed by atoms with van der Waals surface area (Å²) in [5.41, 5.74) is 2.14. The Morgan fingerprint density at radius 3 is 2.36 bits per heavy atom. The summed E-state index contributed by atoms with van der Waals surface area (Å²) in [4.78, 5) is 12.5. The molecular formula is C20H24N2O5S. The Morgan fingerprint density at radius 1 is 1.04 bits per heavy atom. The number of carbonyl (C=O) groups is 1. The quantitative estimate of drug-likeness (QED) is 0.767. The molecule has 1 heterocycles. The van der Waals surface area contributed by atoms with Gasteiger partial charge in [-0.15, -0.1) is 0 Å². The summed E-state index contributed by atoms with van der Waals surface area (Å²) in [6.45, 7) is 4.11. The van der Waals surface area contributed by atoms with Gasteiger partial charge in [-0.2, -0.15) is 0 Å². The molecule has 1 aliphatic heterocycles. The van der Waals surface area contributed by atoms with Crippen LogP contribution in [0.5, 0.6) is 11.5 Å². The molecule has 0 saturated heterocycles. The highest BCUT2D eigenvalue weighted by atomic mass is 32.2. The van der Waals surface area contributed by atoms with Crippen molar-refractivity contribution in [2.75, 3.05) is 35.1 Å². The molecule has 0 bridgehead atoms. The van der Waals surface area contributed by atoms with E-state index in [4.69, 9.17) is 9.47 Å². The zero-order chi connectivity index (χ0) is 20.1. The Hall–Kier alpha value is -2.74. The van der Waals surface area contributed by atoms with E-state index in [1.165, 1.54) is 0 Å². The van der Waals surface area contributed by atoms with Crippen LogP contribution >= 0.6 is 0 Å². The number of benzene rings is 2. The maximum absolute atomic E-state index is 12.6. The first-order chi connectivity index (χ1) is 13.4. The SMILES string of the molecule is CCc1ccc(NC(=O)CN(c2ccc3c(c2)OCCO3)S(=O)(=O)CC)cc1. The summed E-state index contributed by atoms with van der Waals surface area (Å²) in [7, 11) is -3.66. The van der Waals surface area contributed by atoms with Crippen molar-refractivity contribution in [3.63, 3.8) is 0 Å². The van der Waals surface area contributed by atoms with Crippen molar-refractivity contribution in [2.45, 2.75) is 20.3 Å². The Labute approximate surface area is 165 Å². The number of carbonyl (C=O) groups excluding carboxylic acids is 1. The highest BCUT2D eigenvalue weighted by Gasteiger charge is 2.25. The molecule has 0 spiro atoms. The van der Waals surface area contributed by atoms with E-state index in [0.717, 1.165) is 16.3 Å². The average Bonchev–Trinajstić information content (AvgIpc) is 2.72. The van der Waals surface area contributed by atoms with Gasteiger partial charge in [-0.05, 0) is 43.2 Å². The number of ether oxygens (including phenoxy) is 2. The predicted molar refractivity (Wildman–Crippen MR) is 109 cm³/mol. The van der Waals surface area contributed by atoms with Gasteiger partial charge in [-0.3, -0.25) is 9.10 Å². The van der Waals surface area contributed by atoms with Gasteiger partial charge in [0.25, 0.3) is 0 Å². The van der Waals surface area contributed by atoms with Crippen LogP contribution in [0.15, 0.2) is 42.5 Å². The molecule has 1 amide bonds. The van der Waals surface area contributed by atoms with E-state index in [0.29, 0.717) is 36.1 Å². The average molecular weight is 404 g/mol. The lowest BCUT2D eigenvalue weighted by Crippen LogP contribution is -2.39. The molecule has 8 heteroatoms. The van der Waals surface area contributed by atoms with E-state index in [9.17, 15) is 13.2 Å². The zero-order valence-electron chi connectivity index (χ0n) is 16.0. The fourth-order valence-corrected chi connectivity index (χ4v) is 3.91. The number of aryl methyl sites for hydroxylation is 1. The van der Waals surface area contributed by atoms with Crippen molar-refractivity contribution in [3.05, 3.63) is 48.0 Å². The minimum absolute atomic E-state index is 0.125. The Morgan fingerprint density at radius 2 is 1.71 bits per heavy atom. The van der Waals surface area contributed by atoms with Crippen LogP contribution in [0.25, 0.3) is 0 Å². The second kappa shape index (κ2) is 8.52. The van der Waals surface area contributed by atoms with Crippen molar-refractivity contribution < 1.29 is 22.7 Å². The van der Waals surface area contributed by atoms with E-state index in [-0.39, 0.29) is 12.3 Å². The summed E-state index contributed by atoms with van der Waals surface area (Å²) in [5.74, 6) is 0.482. The molecule has 3 rings (SSSR count). The van der Waals surface area contributed by atoms with Gasteiger partial charge < -0.3 is 14.8 Å². The van der Waals surface area contributed by atoms with Crippen molar-refractivity contribution in [3.8, 4) is 11.5 Å². The minimum atomic E-state index is -3.66. The van der Waals surface area contributed by atoms with E-state index in [1.54, 1.807) is 37.3 Å². The second-order valence-corrected chi connectivity index (χ2v) is 8.52. The van der Waals surface area contributed by atoms with E-state index in [2.05, 4.69) is 12.2 Å². The fraction of sp³-hybridized carbons (Fsp3) is 0.350. The Bertz CT molecular complexity index is 942. The van der Waals surface area contributed by atoms with Gasteiger partial charge in [0.2, 0.25) is 15.9 Å². The summed E-state index contributed by atoms with van der Waals surface area (Å²) >= 11 is 0. The molecule has 150 valence electrons. The molecule has 0 radical (unpaired) electrons. The standard InChI is InChI=1S/C20H24N2O5S/c1-3-15-5-7-16(8-6-15)21-20(23)14-22(28(24,25)4-2)17-9-10-18-19(13-17)27-12-11-26-18/h5-10,13H,3-4,11-12,14H2,1-2H3,(H,21,23). The summed E-state index contributed by atoms with van der Waals surface area (Å²) in [6, 6.07) is 12.3. The van der Waals surface area contributed by atoms with Crippen LogP contribution in [-0.4, -0.2) is 39.8 Å². The van der Waals surface area contributed by atoms with Gasteiger partial charge in [0.05, 0.1) is 11.4 Å². The highest BCUT2D eigenvalue weighted by molar-refractivity contribution is 7.92. The van der Waals surface area contributed by atoms with Crippen molar-refractivity contribution in [1.82, 2.24) is 0 Å². The molecule has 0 atom stereocenters. The molecule has 2 aromatic rings. The number of hydrogen-bond donors (Lipinski definition) is 1. The summed E-state index contributed by atoms with van der Waals surface area (Å²) in [6.07, 6.45) is 0.904. The van der Waals surface area contributed by atoms with Gasteiger partial charge in [-0.1, -0.05) is 19.1 Å². The van der Waals surface area contributed by atoms with Crippen LogP contribution in [0.2, 0.25) is 0 Å². The van der Waals surface area contributed by atoms with Gasteiger partial charge >= 0.3 is 0 Å². The Balaban J connectivity index is 1.81. The topological polar surface area (TPSA) is 84.9 Å². The van der Waals surface area contributed by atoms with Gasteiger partial charge in [0.1, 0.15) is 19.8 Å². The molecule has 0 saturated carbocycles. The van der Waals surface area contributed by atoms with E-state index in [1.807, 2.05) is 12.1 Å². The first kappa shape index (κ1) is 20.0. The number of anilines is 2. The highest BCUT2D eigenvalue weighted by Crippen LogP contribution is 2.34. The van der Waals surface area contributed by atoms with E-state index < -0.39 is 15.9 Å². The van der Waals surface area contributed by atoms with Gasteiger partial charge in [0, 0.05) is 11.8 Å². The number of rotatable bonds is 7. The lowest BCUT2D eigenvalue weighted by molar-refractivity contribution is -0.114. The maximum atomic E-state index is 12.6. The smallest absolute Gasteiger partial charge is 0.245 e. The van der Waals surface area contributed by atoms with Crippen LogP contribution in [0.3, 0.4) is 0 Å². The van der Waals surface area contributed by atoms with Crippen molar-refractivity contribution in [2.24, 2.45) is 0 Å². The molecule has 0 fully saturated rings. The summed E-state index contributed by atoms with van der Waals surface area (Å²) in [5, 5.41) is 2.75. The number of nitrogens with one attached hydrogen (secondary N) is 1. The fourth-order valence-electron chi connectivity index (χ4n) is 2.85. The molecule has 28 heavy (non-hydrogen) atoms. The first-order valence-corrected chi connectivity index (χ1v) is 10.8. The molecular weight excluding hydrogens is 380 g/mol.